The van der Waals surface area contributed by atoms with E-state index in [1.807, 2.05) is 49.4 Å². The molecule has 1 amide bonds. The number of hydrogen-bond donors (Lipinski definition) is 1. The van der Waals surface area contributed by atoms with E-state index in [1.165, 1.54) is 0 Å². The maximum Gasteiger partial charge on any atom is 0.256 e. The fourth-order valence-electron chi connectivity index (χ4n) is 3.13. The molecule has 0 unspecified atom stereocenters. The van der Waals surface area contributed by atoms with Gasteiger partial charge in [-0.25, -0.2) is 4.68 Å². The minimum atomic E-state index is -0.978. The minimum Gasteiger partial charge on any atom is -0.497 e. The summed E-state index contributed by atoms with van der Waals surface area (Å²) in [5.74, 6) is 1.91. The molecule has 4 rings (SSSR count). The van der Waals surface area contributed by atoms with Crippen molar-refractivity contribution < 1.29 is 13.7 Å². The second-order valence-electron chi connectivity index (χ2n) is 6.44. The Labute approximate surface area is 159 Å². The number of carbonyl (C=O) groups excluding carboxylic acids is 1. The average Bonchev–Trinajstić information content (AvgIpc) is 3.19. The van der Waals surface area contributed by atoms with Crippen LogP contribution >= 0.6 is 0 Å². The molecular formula is C20H19N3O3S. The number of ether oxygens (including phenoxy) is 1. The number of benzene rings is 2. The lowest BCUT2D eigenvalue weighted by Gasteiger charge is -2.12. The zero-order valence-corrected chi connectivity index (χ0v) is 15.9. The second kappa shape index (κ2) is 7.00. The molecule has 0 fully saturated rings. The Kier molecular flexibility index (Phi) is 4.53. The van der Waals surface area contributed by atoms with Gasteiger partial charge < -0.3 is 10.1 Å². The standard InChI is InChI=1S/C20H19N3O3S/c1-13-4-3-5-14(10-13)20(24)21-19-17-11-27(25)12-18(17)22-23(19)15-6-8-16(26-2)9-7-15/h3-10H,11-12H2,1-2H3,(H,21,24)/t27-/m0/s1. The highest BCUT2D eigenvalue weighted by Gasteiger charge is 2.28. The van der Waals surface area contributed by atoms with Crippen molar-refractivity contribution >= 4 is 22.5 Å². The number of nitrogens with one attached hydrogen (secondary N) is 1. The number of rotatable bonds is 4. The molecule has 0 radical (unpaired) electrons. The first kappa shape index (κ1) is 17.5. The summed E-state index contributed by atoms with van der Waals surface area (Å²) < 4.78 is 18.9. The van der Waals surface area contributed by atoms with Gasteiger partial charge in [0, 0.05) is 21.9 Å². The van der Waals surface area contributed by atoms with Gasteiger partial charge in [-0.3, -0.25) is 9.00 Å². The lowest BCUT2D eigenvalue weighted by Crippen LogP contribution is -2.16. The predicted molar refractivity (Wildman–Crippen MR) is 105 cm³/mol. The molecular weight excluding hydrogens is 362 g/mol. The normalized spacial score (nSPS) is 15.4. The van der Waals surface area contributed by atoms with Crippen molar-refractivity contribution in [1.82, 2.24) is 9.78 Å². The Balaban J connectivity index is 1.74. The summed E-state index contributed by atoms with van der Waals surface area (Å²) >= 11 is 0. The van der Waals surface area contributed by atoms with Gasteiger partial charge in [-0.1, -0.05) is 17.7 Å². The SMILES string of the molecule is COc1ccc(-n2nc3c(c2NC(=O)c2cccc(C)c2)C[S@](=O)C3)cc1. The van der Waals surface area contributed by atoms with Crippen LogP contribution in [0.25, 0.3) is 5.69 Å². The van der Waals surface area contributed by atoms with Crippen LogP contribution in [-0.4, -0.2) is 27.0 Å². The summed E-state index contributed by atoms with van der Waals surface area (Å²) in [7, 11) is 0.633. The highest BCUT2D eigenvalue weighted by Crippen LogP contribution is 2.32. The molecule has 1 atom stereocenters. The molecule has 0 aliphatic carbocycles. The van der Waals surface area contributed by atoms with Crippen LogP contribution in [0.4, 0.5) is 5.82 Å². The Morgan fingerprint density at radius 2 is 1.96 bits per heavy atom. The third-order valence-electron chi connectivity index (χ3n) is 4.50. The molecule has 2 aromatic carbocycles. The van der Waals surface area contributed by atoms with E-state index in [-0.39, 0.29) is 5.91 Å². The molecule has 138 valence electrons. The second-order valence-corrected chi connectivity index (χ2v) is 7.89. The summed E-state index contributed by atoms with van der Waals surface area (Å²) in [6.07, 6.45) is 0. The molecule has 0 spiro atoms. The lowest BCUT2D eigenvalue weighted by atomic mass is 10.1. The van der Waals surface area contributed by atoms with E-state index in [1.54, 1.807) is 17.9 Å². The van der Waals surface area contributed by atoms with E-state index in [4.69, 9.17) is 4.74 Å². The van der Waals surface area contributed by atoms with Crippen LogP contribution in [0, 0.1) is 6.92 Å². The summed E-state index contributed by atoms with van der Waals surface area (Å²) in [4.78, 5) is 12.8. The predicted octanol–water partition coefficient (Wildman–Crippen LogP) is 3.20. The van der Waals surface area contributed by atoms with Gasteiger partial charge in [0.25, 0.3) is 5.91 Å². The number of aromatic nitrogens is 2. The fourth-order valence-corrected chi connectivity index (χ4v) is 4.40. The zero-order chi connectivity index (χ0) is 19.0. The van der Waals surface area contributed by atoms with Gasteiger partial charge in [0.1, 0.15) is 11.6 Å². The smallest absolute Gasteiger partial charge is 0.256 e. The topological polar surface area (TPSA) is 73.2 Å². The first-order chi connectivity index (χ1) is 13.0. The van der Waals surface area contributed by atoms with Crippen LogP contribution in [0.5, 0.6) is 5.75 Å². The van der Waals surface area contributed by atoms with Crippen molar-refractivity contribution in [3.8, 4) is 11.4 Å². The maximum absolute atomic E-state index is 12.8. The van der Waals surface area contributed by atoms with Gasteiger partial charge in [-0.05, 0) is 43.3 Å². The summed E-state index contributed by atoms with van der Waals surface area (Å²) in [5, 5.41) is 7.58. The Morgan fingerprint density at radius 1 is 1.19 bits per heavy atom. The van der Waals surface area contributed by atoms with E-state index in [0.717, 1.165) is 28.3 Å². The van der Waals surface area contributed by atoms with Gasteiger partial charge in [0.05, 0.1) is 30.0 Å². The Morgan fingerprint density at radius 3 is 2.67 bits per heavy atom. The first-order valence-corrected chi connectivity index (χ1v) is 10.0. The molecule has 2 heterocycles. The molecule has 0 saturated heterocycles. The van der Waals surface area contributed by atoms with Crippen molar-refractivity contribution in [3.05, 3.63) is 70.9 Å². The van der Waals surface area contributed by atoms with Crippen molar-refractivity contribution in [2.24, 2.45) is 0 Å². The number of carbonyl (C=O) groups is 1. The van der Waals surface area contributed by atoms with Crippen molar-refractivity contribution in [2.45, 2.75) is 18.4 Å². The third kappa shape index (κ3) is 3.38. The molecule has 3 aromatic rings. The first-order valence-electron chi connectivity index (χ1n) is 8.53. The van der Waals surface area contributed by atoms with Crippen LogP contribution in [0.15, 0.2) is 48.5 Å². The van der Waals surface area contributed by atoms with Gasteiger partial charge in [0.15, 0.2) is 0 Å². The van der Waals surface area contributed by atoms with E-state index in [9.17, 15) is 9.00 Å². The molecule has 1 N–H and O–H groups in total. The Bertz CT molecular complexity index is 1040. The number of fused-ring (bicyclic) bond motifs is 1. The molecule has 0 bridgehead atoms. The summed E-state index contributed by atoms with van der Waals surface area (Å²) in [5.41, 5.74) is 3.99. The van der Waals surface area contributed by atoms with Crippen LogP contribution in [0.1, 0.15) is 27.2 Å². The maximum atomic E-state index is 12.8. The van der Waals surface area contributed by atoms with Crippen LogP contribution in [0.3, 0.4) is 0 Å². The average molecular weight is 381 g/mol. The van der Waals surface area contributed by atoms with Gasteiger partial charge >= 0.3 is 0 Å². The largest absolute Gasteiger partial charge is 0.497 e. The van der Waals surface area contributed by atoms with E-state index in [2.05, 4.69) is 10.4 Å². The summed E-state index contributed by atoms with van der Waals surface area (Å²) in [6.45, 7) is 1.94. The van der Waals surface area contributed by atoms with Crippen LogP contribution in [0.2, 0.25) is 0 Å². The van der Waals surface area contributed by atoms with Gasteiger partial charge in [0.2, 0.25) is 0 Å². The quantitative estimate of drug-likeness (QED) is 0.753. The monoisotopic (exact) mass is 381 g/mol. The number of amides is 1. The number of anilines is 1. The molecule has 27 heavy (non-hydrogen) atoms. The highest BCUT2D eigenvalue weighted by atomic mass is 32.2. The van der Waals surface area contributed by atoms with Crippen molar-refractivity contribution in [2.75, 3.05) is 12.4 Å². The molecule has 1 aromatic heterocycles. The van der Waals surface area contributed by atoms with E-state index >= 15 is 0 Å². The molecule has 1 aliphatic rings. The molecule has 1 aliphatic heterocycles. The number of aryl methyl sites for hydroxylation is 1. The Hall–Kier alpha value is -2.93. The van der Waals surface area contributed by atoms with Crippen LogP contribution < -0.4 is 10.1 Å². The molecule has 6 nitrogen and oxygen atoms in total. The van der Waals surface area contributed by atoms with Gasteiger partial charge in [-0.2, -0.15) is 5.10 Å². The van der Waals surface area contributed by atoms with Crippen molar-refractivity contribution in [1.29, 1.82) is 0 Å². The molecule has 0 saturated carbocycles. The summed E-state index contributed by atoms with van der Waals surface area (Å²) in [6, 6.07) is 14.8. The lowest BCUT2D eigenvalue weighted by molar-refractivity contribution is 0.102. The van der Waals surface area contributed by atoms with E-state index < -0.39 is 10.8 Å². The number of nitrogens with zero attached hydrogens (tertiary/aromatic N) is 2. The van der Waals surface area contributed by atoms with Gasteiger partial charge in [-0.15, -0.1) is 0 Å². The molecule has 7 heteroatoms. The van der Waals surface area contributed by atoms with Crippen molar-refractivity contribution in [3.63, 3.8) is 0 Å². The van der Waals surface area contributed by atoms with E-state index in [0.29, 0.717) is 22.9 Å². The van der Waals surface area contributed by atoms with Crippen LogP contribution in [-0.2, 0) is 22.3 Å². The zero-order valence-electron chi connectivity index (χ0n) is 15.1. The number of hydrogen-bond acceptors (Lipinski definition) is 4. The third-order valence-corrected chi connectivity index (χ3v) is 5.70. The number of methoxy groups -OCH3 is 1. The highest BCUT2D eigenvalue weighted by molar-refractivity contribution is 7.83. The fraction of sp³-hybridized carbons (Fsp3) is 0.200. The minimum absolute atomic E-state index is 0.214.